The van der Waals surface area contributed by atoms with Gasteiger partial charge in [0.2, 0.25) is 0 Å². The van der Waals surface area contributed by atoms with Crippen LogP contribution in [0.3, 0.4) is 0 Å². The minimum absolute atomic E-state index is 0.298. The SMILES string of the molecule is C=S(N)(=O)c1cccc(COc2cc3ncnc(NCCN(C)C)c3cc2Br)c1. The number of hydrogen-bond donors (Lipinski definition) is 2. The van der Waals surface area contributed by atoms with Crippen molar-refractivity contribution in [2.75, 3.05) is 32.5 Å². The van der Waals surface area contributed by atoms with Crippen molar-refractivity contribution >= 4 is 48.2 Å². The van der Waals surface area contributed by atoms with Gasteiger partial charge in [-0.3, -0.25) is 5.14 Å². The lowest BCUT2D eigenvalue weighted by atomic mass is 10.2. The highest BCUT2D eigenvalue weighted by molar-refractivity contribution is 9.10. The van der Waals surface area contributed by atoms with Gasteiger partial charge in [-0.2, -0.15) is 0 Å². The molecule has 0 aliphatic carbocycles. The standard InChI is InChI=1S/C20H24BrN5O2S/c1-26(2)8-7-23-20-16-10-17(21)19(11-18(16)24-13-25-20)28-12-14-5-4-6-15(9-14)29(3,22)27/h4-6,9-11,13H,3,7-8,12H2,1-2H3,(H2,22,27)(H,23,24,25). The molecule has 3 rings (SSSR count). The van der Waals surface area contributed by atoms with Gasteiger partial charge in [0.1, 0.15) is 24.5 Å². The van der Waals surface area contributed by atoms with E-state index in [1.165, 1.54) is 6.33 Å². The quantitative estimate of drug-likeness (QED) is 0.484. The van der Waals surface area contributed by atoms with E-state index in [-0.39, 0.29) is 0 Å². The monoisotopic (exact) mass is 477 g/mol. The van der Waals surface area contributed by atoms with E-state index in [0.29, 0.717) is 17.3 Å². The van der Waals surface area contributed by atoms with Gasteiger partial charge in [-0.05, 0) is 59.7 Å². The summed E-state index contributed by atoms with van der Waals surface area (Å²) < 4.78 is 18.7. The highest BCUT2D eigenvalue weighted by Crippen LogP contribution is 2.32. The summed E-state index contributed by atoms with van der Waals surface area (Å²) in [6.07, 6.45) is 1.54. The highest BCUT2D eigenvalue weighted by Gasteiger charge is 2.10. The lowest BCUT2D eigenvalue weighted by Crippen LogP contribution is -2.21. The molecule has 1 heterocycles. The number of halogens is 1. The molecule has 1 unspecified atom stereocenters. The zero-order valence-electron chi connectivity index (χ0n) is 16.4. The number of nitrogens with two attached hydrogens (primary N) is 1. The Morgan fingerprint density at radius 2 is 2.07 bits per heavy atom. The summed E-state index contributed by atoms with van der Waals surface area (Å²) in [5.41, 5.74) is 1.63. The van der Waals surface area contributed by atoms with Crippen molar-refractivity contribution in [3.05, 3.63) is 52.8 Å². The molecule has 0 spiro atoms. The Hall–Kier alpha value is -2.20. The molecule has 9 heteroatoms. The van der Waals surface area contributed by atoms with Crippen LogP contribution in [0.4, 0.5) is 5.82 Å². The van der Waals surface area contributed by atoms with E-state index in [4.69, 9.17) is 9.88 Å². The molecule has 29 heavy (non-hydrogen) atoms. The van der Waals surface area contributed by atoms with Crippen molar-refractivity contribution in [3.63, 3.8) is 0 Å². The predicted octanol–water partition coefficient (Wildman–Crippen LogP) is 2.89. The third-order valence-corrected chi connectivity index (χ3v) is 5.90. The van der Waals surface area contributed by atoms with Crippen LogP contribution in [0.1, 0.15) is 5.56 Å². The first-order chi connectivity index (χ1) is 13.7. The van der Waals surface area contributed by atoms with Crippen molar-refractivity contribution < 1.29 is 8.95 Å². The smallest absolute Gasteiger partial charge is 0.137 e. The van der Waals surface area contributed by atoms with Crippen LogP contribution in [0.15, 0.2) is 52.1 Å². The van der Waals surface area contributed by atoms with Gasteiger partial charge in [0.25, 0.3) is 0 Å². The number of benzene rings is 2. The van der Waals surface area contributed by atoms with Crippen molar-refractivity contribution in [1.82, 2.24) is 14.9 Å². The van der Waals surface area contributed by atoms with Crippen LogP contribution < -0.4 is 15.2 Å². The fourth-order valence-corrected chi connectivity index (χ4v) is 3.84. The number of nitrogens with one attached hydrogen (secondary N) is 1. The molecule has 0 saturated heterocycles. The molecule has 1 atom stereocenters. The third-order valence-electron chi connectivity index (χ3n) is 4.23. The van der Waals surface area contributed by atoms with Crippen LogP contribution in [0.2, 0.25) is 0 Å². The summed E-state index contributed by atoms with van der Waals surface area (Å²) in [6, 6.07) is 10.9. The fourth-order valence-electron chi connectivity index (χ4n) is 2.72. The number of anilines is 1. The Morgan fingerprint density at radius 1 is 1.28 bits per heavy atom. The molecule has 3 aromatic rings. The molecule has 0 radical (unpaired) electrons. The molecular weight excluding hydrogens is 454 g/mol. The van der Waals surface area contributed by atoms with Crippen LogP contribution in [-0.4, -0.2) is 52.1 Å². The summed E-state index contributed by atoms with van der Waals surface area (Å²) in [5, 5.41) is 9.88. The summed E-state index contributed by atoms with van der Waals surface area (Å²) in [6.45, 7) is 1.98. The first-order valence-corrected chi connectivity index (χ1v) is 11.5. The lowest BCUT2D eigenvalue weighted by Gasteiger charge is -2.14. The molecule has 2 aromatic carbocycles. The van der Waals surface area contributed by atoms with Crippen LogP contribution in [0.5, 0.6) is 5.75 Å². The maximum atomic E-state index is 12.0. The molecule has 3 N–H and O–H groups in total. The normalized spacial score (nSPS) is 13.4. The van der Waals surface area contributed by atoms with Gasteiger partial charge in [-0.15, -0.1) is 0 Å². The summed E-state index contributed by atoms with van der Waals surface area (Å²) in [5.74, 6) is 4.96. The van der Waals surface area contributed by atoms with E-state index in [1.807, 2.05) is 32.3 Å². The van der Waals surface area contributed by atoms with E-state index in [0.717, 1.165) is 39.8 Å². The maximum Gasteiger partial charge on any atom is 0.137 e. The van der Waals surface area contributed by atoms with Crippen LogP contribution in [0, 0.1) is 0 Å². The average molecular weight is 478 g/mol. The minimum atomic E-state index is -2.75. The molecule has 0 aliphatic rings. The molecule has 1 aromatic heterocycles. The van der Waals surface area contributed by atoms with Gasteiger partial charge >= 0.3 is 0 Å². The van der Waals surface area contributed by atoms with Crippen molar-refractivity contribution in [3.8, 4) is 5.75 Å². The molecule has 0 fully saturated rings. The number of aromatic nitrogens is 2. The fraction of sp³-hybridized carbons (Fsp3) is 0.250. The number of likely N-dealkylation sites (N-methyl/N-ethyl adjacent to an activating group) is 1. The molecule has 0 amide bonds. The predicted molar refractivity (Wildman–Crippen MR) is 123 cm³/mol. The average Bonchev–Trinajstić information content (AvgIpc) is 2.66. The molecular formula is C20H24BrN5O2S. The van der Waals surface area contributed by atoms with Crippen LogP contribution in [-0.2, 0) is 16.3 Å². The van der Waals surface area contributed by atoms with Gasteiger partial charge in [0.05, 0.1) is 19.7 Å². The minimum Gasteiger partial charge on any atom is -0.488 e. The van der Waals surface area contributed by atoms with Crippen molar-refractivity contribution in [1.29, 1.82) is 0 Å². The Kier molecular flexibility index (Phi) is 6.74. The van der Waals surface area contributed by atoms with E-state index in [1.54, 1.807) is 18.2 Å². The maximum absolute atomic E-state index is 12.0. The molecule has 7 nitrogen and oxygen atoms in total. The molecule has 0 saturated carbocycles. The second kappa shape index (κ2) is 9.08. The van der Waals surface area contributed by atoms with E-state index < -0.39 is 9.71 Å². The topological polar surface area (TPSA) is 93.4 Å². The molecule has 154 valence electrons. The molecule has 0 bridgehead atoms. The Labute approximate surface area is 179 Å². The van der Waals surface area contributed by atoms with Crippen molar-refractivity contribution in [2.45, 2.75) is 11.5 Å². The van der Waals surface area contributed by atoms with Gasteiger partial charge in [0, 0.05) is 29.4 Å². The second-order valence-corrected chi connectivity index (χ2v) is 9.69. The van der Waals surface area contributed by atoms with E-state index in [2.05, 4.69) is 42.0 Å². The number of hydrogen-bond acceptors (Lipinski definition) is 6. The highest BCUT2D eigenvalue weighted by atomic mass is 79.9. The second-order valence-electron chi connectivity index (χ2n) is 6.91. The van der Waals surface area contributed by atoms with Crippen molar-refractivity contribution in [2.24, 2.45) is 5.14 Å². The first kappa shape index (κ1) is 21.5. The van der Waals surface area contributed by atoms with Gasteiger partial charge in [0.15, 0.2) is 0 Å². The van der Waals surface area contributed by atoms with E-state index >= 15 is 0 Å². The number of rotatable bonds is 8. The third kappa shape index (κ3) is 5.66. The Morgan fingerprint density at radius 3 is 2.79 bits per heavy atom. The van der Waals surface area contributed by atoms with Gasteiger partial charge in [-0.1, -0.05) is 12.1 Å². The lowest BCUT2D eigenvalue weighted by molar-refractivity contribution is 0.304. The van der Waals surface area contributed by atoms with Gasteiger partial charge < -0.3 is 15.0 Å². The van der Waals surface area contributed by atoms with Gasteiger partial charge in [-0.25, -0.2) is 14.2 Å². The number of ether oxygens (including phenoxy) is 1. The number of fused-ring (bicyclic) bond motifs is 1. The largest absolute Gasteiger partial charge is 0.488 e. The summed E-state index contributed by atoms with van der Waals surface area (Å²) in [4.78, 5) is 11.3. The summed E-state index contributed by atoms with van der Waals surface area (Å²) >= 11 is 3.57. The molecule has 0 aliphatic heterocycles. The Balaban J connectivity index is 1.80. The van der Waals surface area contributed by atoms with E-state index in [9.17, 15) is 4.21 Å². The van der Waals surface area contributed by atoms with Crippen LogP contribution in [0.25, 0.3) is 10.9 Å². The zero-order chi connectivity index (χ0) is 21.0. The summed E-state index contributed by atoms with van der Waals surface area (Å²) in [7, 11) is 1.30. The Bertz CT molecular complexity index is 1120. The van der Waals surface area contributed by atoms with Crippen LogP contribution >= 0.6 is 15.9 Å². The number of nitrogens with zero attached hydrogens (tertiary/aromatic N) is 3. The first-order valence-electron chi connectivity index (χ1n) is 8.93. The zero-order valence-corrected chi connectivity index (χ0v) is 18.8.